The van der Waals surface area contributed by atoms with E-state index in [2.05, 4.69) is 33.5 Å². The molecule has 2 aliphatic heterocycles. The molecule has 2 saturated heterocycles. The number of benzene rings is 1. The summed E-state index contributed by atoms with van der Waals surface area (Å²) < 4.78 is 0. The third-order valence-electron chi connectivity index (χ3n) is 6.71. The number of carboxylic acid groups (broad SMARTS) is 1. The first kappa shape index (κ1) is 23.6. The molecule has 1 N–H and O–H groups in total. The molecule has 1 unspecified atom stereocenters. The average molecular weight is 513 g/mol. The Bertz CT molecular complexity index is 1260. The zero-order valence-corrected chi connectivity index (χ0v) is 21.0. The Labute approximate surface area is 214 Å². The Kier molecular flexibility index (Phi) is 6.42. The van der Waals surface area contributed by atoms with E-state index in [-0.39, 0.29) is 11.6 Å². The van der Waals surface area contributed by atoms with E-state index in [0.29, 0.717) is 41.5 Å². The monoisotopic (exact) mass is 512 g/mol. The highest BCUT2D eigenvalue weighted by Crippen LogP contribution is 2.32. The average Bonchev–Trinajstić information content (AvgIpc) is 2.83. The Hall–Kier alpha value is -3.10. The van der Waals surface area contributed by atoms with Crippen LogP contribution in [0.4, 0.5) is 17.6 Å². The van der Waals surface area contributed by atoms with Crippen molar-refractivity contribution >= 4 is 46.8 Å². The molecule has 10 heteroatoms. The molecule has 3 aromatic rings. The van der Waals surface area contributed by atoms with Crippen LogP contribution in [0.25, 0.3) is 11.3 Å². The largest absolute Gasteiger partial charge is 0.478 e. The van der Waals surface area contributed by atoms with Gasteiger partial charge in [0.15, 0.2) is 0 Å². The second-order valence-electron chi connectivity index (χ2n) is 9.07. The van der Waals surface area contributed by atoms with Gasteiger partial charge in [0.1, 0.15) is 11.6 Å². The fourth-order valence-corrected chi connectivity index (χ4v) is 4.96. The number of halogens is 2. The first-order valence-electron chi connectivity index (χ1n) is 11.6. The van der Waals surface area contributed by atoms with Gasteiger partial charge in [-0.2, -0.15) is 4.98 Å². The van der Waals surface area contributed by atoms with Crippen molar-refractivity contribution in [3.05, 3.63) is 58.2 Å². The summed E-state index contributed by atoms with van der Waals surface area (Å²) in [4.78, 5) is 32.0. The number of pyridine rings is 1. The number of hydrogen-bond donors (Lipinski definition) is 1. The normalized spacial score (nSPS) is 20.1. The van der Waals surface area contributed by atoms with Crippen LogP contribution < -0.4 is 14.7 Å². The first-order valence-corrected chi connectivity index (χ1v) is 12.4. The van der Waals surface area contributed by atoms with E-state index in [1.807, 2.05) is 30.3 Å². The quantitative estimate of drug-likeness (QED) is 0.518. The lowest BCUT2D eigenvalue weighted by Crippen LogP contribution is -2.53. The summed E-state index contributed by atoms with van der Waals surface area (Å²) >= 11 is 12.5. The minimum absolute atomic E-state index is 0.0777. The lowest BCUT2D eigenvalue weighted by molar-refractivity contribution is 0.0696. The number of rotatable bonds is 5. The molecule has 4 heterocycles. The fourth-order valence-electron chi connectivity index (χ4n) is 4.55. The number of piperazine rings is 1. The molecule has 8 nitrogen and oxygen atoms in total. The zero-order chi connectivity index (χ0) is 24.7. The highest BCUT2D eigenvalue weighted by atomic mass is 35.5. The van der Waals surface area contributed by atoms with Gasteiger partial charge in [-0.15, -0.1) is 0 Å². The molecule has 182 valence electrons. The zero-order valence-electron chi connectivity index (χ0n) is 19.5. The van der Waals surface area contributed by atoms with Gasteiger partial charge in [-0.25, -0.2) is 14.8 Å². The van der Waals surface area contributed by atoms with Gasteiger partial charge in [-0.3, -0.25) is 0 Å². The topological polar surface area (TPSA) is 85.7 Å². The SMILES string of the molecule is CC1CCN1c1nc(-c2ccc(Cl)cc2)cc(N2CCN(c3ncc(C(=O)O)cc3Cl)C[C@H]2C)n1. The van der Waals surface area contributed by atoms with Crippen LogP contribution in [-0.4, -0.2) is 64.3 Å². The van der Waals surface area contributed by atoms with Gasteiger partial charge in [-0.1, -0.05) is 35.3 Å². The van der Waals surface area contributed by atoms with E-state index >= 15 is 0 Å². The van der Waals surface area contributed by atoms with Gasteiger partial charge < -0.3 is 19.8 Å². The van der Waals surface area contributed by atoms with E-state index in [1.165, 1.54) is 12.3 Å². The maximum absolute atomic E-state index is 11.2. The molecule has 0 saturated carbocycles. The van der Waals surface area contributed by atoms with Crippen LogP contribution in [-0.2, 0) is 0 Å². The van der Waals surface area contributed by atoms with E-state index in [9.17, 15) is 9.90 Å². The molecule has 2 atom stereocenters. The molecule has 2 aliphatic rings. The maximum Gasteiger partial charge on any atom is 0.337 e. The van der Waals surface area contributed by atoms with E-state index in [1.54, 1.807) is 0 Å². The summed E-state index contributed by atoms with van der Waals surface area (Å²) in [5.74, 6) is 1.18. The summed E-state index contributed by atoms with van der Waals surface area (Å²) in [5.41, 5.74) is 1.94. The molecule has 2 aromatic heterocycles. The molecule has 0 bridgehead atoms. The highest BCUT2D eigenvalue weighted by Gasteiger charge is 2.30. The fraction of sp³-hybridized carbons (Fsp3) is 0.360. The van der Waals surface area contributed by atoms with Crippen molar-refractivity contribution in [3.8, 4) is 11.3 Å². The molecular weight excluding hydrogens is 487 g/mol. The van der Waals surface area contributed by atoms with Crippen molar-refractivity contribution in [3.63, 3.8) is 0 Å². The number of aromatic nitrogens is 3. The van der Waals surface area contributed by atoms with Crippen LogP contribution in [0, 0.1) is 0 Å². The van der Waals surface area contributed by atoms with Crippen LogP contribution in [0.15, 0.2) is 42.6 Å². The summed E-state index contributed by atoms with van der Waals surface area (Å²) in [7, 11) is 0. The molecule has 0 spiro atoms. The number of nitrogens with zero attached hydrogens (tertiary/aromatic N) is 6. The minimum Gasteiger partial charge on any atom is -0.478 e. The molecule has 35 heavy (non-hydrogen) atoms. The molecule has 2 fully saturated rings. The van der Waals surface area contributed by atoms with Gasteiger partial charge in [0.25, 0.3) is 0 Å². The number of anilines is 3. The van der Waals surface area contributed by atoms with Crippen LogP contribution >= 0.6 is 23.2 Å². The van der Waals surface area contributed by atoms with Gasteiger partial charge in [0.05, 0.1) is 16.3 Å². The predicted molar refractivity (Wildman–Crippen MR) is 139 cm³/mol. The smallest absolute Gasteiger partial charge is 0.337 e. The standard InChI is InChI=1S/C25H26Cl2N6O2/c1-15-7-8-33(15)25-29-21(17-3-5-19(26)6-4-17)12-22(30-25)32-10-9-31(14-16(32)2)23-20(27)11-18(13-28-23)24(34)35/h3-6,11-13,15-16H,7-10,14H2,1-2H3,(H,34,35)/t15?,16-/m1/s1. The van der Waals surface area contributed by atoms with Crippen molar-refractivity contribution in [1.29, 1.82) is 0 Å². The maximum atomic E-state index is 11.2. The minimum atomic E-state index is -1.04. The first-order chi connectivity index (χ1) is 16.8. The predicted octanol–water partition coefficient (Wildman–Crippen LogP) is 4.86. The highest BCUT2D eigenvalue weighted by molar-refractivity contribution is 6.33. The Morgan fingerprint density at radius 1 is 1.00 bits per heavy atom. The van der Waals surface area contributed by atoms with Crippen LogP contribution in [0.2, 0.25) is 10.0 Å². The van der Waals surface area contributed by atoms with Crippen molar-refractivity contribution in [2.45, 2.75) is 32.4 Å². The van der Waals surface area contributed by atoms with Gasteiger partial charge in [0, 0.05) is 61.1 Å². The molecule has 0 radical (unpaired) electrons. The number of carbonyl (C=O) groups is 1. The Morgan fingerprint density at radius 2 is 1.77 bits per heavy atom. The van der Waals surface area contributed by atoms with Gasteiger partial charge in [0.2, 0.25) is 5.95 Å². The number of hydrogen-bond acceptors (Lipinski definition) is 7. The molecule has 0 aliphatic carbocycles. The number of carboxylic acids is 1. The van der Waals surface area contributed by atoms with Crippen molar-refractivity contribution in [2.75, 3.05) is 40.9 Å². The van der Waals surface area contributed by atoms with Gasteiger partial charge in [-0.05, 0) is 38.5 Å². The lowest BCUT2D eigenvalue weighted by Gasteiger charge is -2.42. The van der Waals surface area contributed by atoms with E-state index in [4.69, 9.17) is 33.2 Å². The Balaban J connectivity index is 1.42. The molecule has 1 aromatic carbocycles. The van der Waals surface area contributed by atoms with Crippen molar-refractivity contribution in [1.82, 2.24) is 15.0 Å². The molecule has 5 rings (SSSR count). The van der Waals surface area contributed by atoms with Crippen LogP contribution in [0.1, 0.15) is 30.6 Å². The molecular formula is C25H26Cl2N6O2. The summed E-state index contributed by atoms with van der Waals surface area (Å²) in [6.45, 7) is 7.35. The summed E-state index contributed by atoms with van der Waals surface area (Å²) in [6, 6.07) is 11.7. The van der Waals surface area contributed by atoms with Gasteiger partial charge >= 0.3 is 5.97 Å². The molecule has 0 amide bonds. The third kappa shape index (κ3) is 4.73. The summed E-state index contributed by atoms with van der Waals surface area (Å²) in [5, 5.41) is 10.2. The number of aromatic carboxylic acids is 1. The lowest BCUT2D eigenvalue weighted by atomic mass is 10.1. The second-order valence-corrected chi connectivity index (χ2v) is 9.92. The van der Waals surface area contributed by atoms with E-state index < -0.39 is 5.97 Å². The van der Waals surface area contributed by atoms with Crippen molar-refractivity contribution in [2.24, 2.45) is 0 Å². The van der Waals surface area contributed by atoms with Crippen molar-refractivity contribution < 1.29 is 9.90 Å². The second kappa shape index (κ2) is 9.51. The van der Waals surface area contributed by atoms with Crippen LogP contribution in [0.5, 0.6) is 0 Å². The Morgan fingerprint density at radius 3 is 2.37 bits per heavy atom. The summed E-state index contributed by atoms with van der Waals surface area (Å²) in [6.07, 6.45) is 2.48. The van der Waals surface area contributed by atoms with Crippen LogP contribution in [0.3, 0.4) is 0 Å². The van der Waals surface area contributed by atoms with E-state index in [0.717, 1.165) is 36.0 Å². The third-order valence-corrected chi connectivity index (χ3v) is 7.24.